The average molecular weight is 346 g/mol. The number of halogens is 1. The van der Waals surface area contributed by atoms with Gasteiger partial charge in [0.05, 0.1) is 0 Å². The Morgan fingerprint density at radius 1 is 1.19 bits per heavy atom. The van der Waals surface area contributed by atoms with Crippen LogP contribution in [-0.4, -0.2) is 16.5 Å². The molecule has 110 valence electrons. The molecule has 1 aromatic carbocycles. The highest BCUT2D eigenvalue weighted by molar-refractivity contribution is 9.10. The molecule has 1 heterocycles. The van der Waals surface area contributed by atoms with E-state index >= 15 is 0 Å². The van der Waals surface area contributed by atoms with Gasteiger partial charge in [-0.2, -0.15) is 0 Å². The minimum Gasteiger partial charge on any atom is -0.326 e. The lowest BCUT2D eigenvalue weighted by atomic mass is 10.2. The molecule has 0 aliphatic heterocycles. The van der Waals surface area contributed by atoms with Gasteiger partial charge in [0.25, 0.3) is 0 Å². The van der Waals surface area contributed by atoms with Gasteiger partial charge in [-0.1, -0.05) is 31.5 Å². The van der Waals surface area contributed by atoms with E-state index in [1.165, 1.54) is 24.9 Å². The standard InChI is InChI=1S/C17H20BrN3/c1-2-3-11-21(14-7-5-4-6-8-14)16-12-15(18)19-17(20-16)13-9-10-13/h4-8,12-13H,2-3,9-11H2,1H3. The lowest BCUT2D eigenvalue weighted by Gasteiger charge is -2.24. The zero-order valence-electron chi connectivity index (χ0n) is 12.3. The van der Waals surface area contributed by atoms with Crippen molar-refractivity contribution in [1.29, 1.82) is 0 Å². The Bertz CT molecular complexity index is 596. The van der Waals surface area contributed by atoms with E-state index < -0.39 is 0 Å². The summed E-state index contributed by atoms with van der Waals surface area (Å²) in [6.07, 6.45) is 4.76. The first-order valence-corrected chi connectivity index (χ1v) is 8.44. The molecule has 0 saturated heterocycles. The summed E-state index contributed by atoms with van der Waals surface area (Å²) in [5.41, 5.74) is 1.19. The molecule has 0 amide bonds. The second-order valence-corrected chi connectivity index (χ2v) is 6.33. The number of para-hydroxylation sites is 1. The second kappa shape index (κ2) is 6.56. The molecule has 0 radical (unpaired) electrons. The summed E-state index contributed by atoms with van der Waals surface area (Å²) in [6, 6.07) is 12.5. The lowest BCUT2D eigenvalue weighted by molar-refractivity contribution is 0.772. The van der Waals surface area contributed by atoms with Gasteiger partial charge in [0.15, 0.2) is 0 Å². The number of aromatic nitrogens is 2. The monoisotopic (exact) mass is 345 g/mol. The number of anilines is 2. The van der Waals surface area contributed by atoms with Crippen LogP contribution in [0.1, 0.15) is 44.3 Å². The van der Waals surface area contributed by atoms with Gasteiger partial charge in [-0.3, -0.25) is 0 Å². The Morgan fingerprint density at radius 2 is 1.95 bits per heavy atom. The van der Waals surface area contributed by atoms with E-state index in [1.807, 2.05) is 12.1 Å². The molecule has 0 N–H and O–H groups in total. The van der Waals surface area contributed by atoms with Crippen LogP contribution < -0.4 is 4.90 Å². The summed E-state index contributed by atoms with van der Waals surface area (Å²) < 4.78 is 0.881. The zero-order chi connectivity index (χ0) is 14.7. The molecule has 1 fully saturated rings. The summed E-state index contributed by atoms with van der Waals surface area (Å²) in [5, 5.41) is 0. The molecule has 0 unspecified atom stereocenters. The molecule has 0 bridgehead atoms. The van der Waals surface area contributed by atoms with Gasteiger partial charge in [-0.25, -0.2) is 9.97 Å². The van der Waals surface area contributed by atoms with Crippen molar-refractivity contribution in [2.45, 2.75) is 38.5 Å². The van der Waals surface area contributed by atoms with Crippen molar-refractivity contribution in [2.75, 3.05) is 11.4 Å². The van der Waals surface area contributed by atoms with Crippen LogP contribution in [0.3, 0.4) is 0 Å². The summed E-state index contributed by atoms with van der Waals surface area (Å²) in [6.45, 7) is 3.20. The molecule has 1 aliphatic carbocycles. The SMILES string of the molecule is CCCCN(c1ccccc1)c1cc(Br)nc(C2CC2)n1. The molecule has 1 aliphatic rings. The molecule has 1 saturated carbocycles. The Balaban J connectivity index is 1.95. The maximum absolute atomic E-state index is 4.81. The normalized spacial score (nSPS) is 14.2. The maximum atomic E-state index is 4.81. The van der Waals surface area contributed by atoms with E-state index in [2.05, 4.69) is 57.0 Å². The zero-order valence-corrected chi connectivity index (χ0v) is 13.9. The van der Waals surface area contributed by atoms with Gasteiger partial charge in [0.1, 0.15) is 16.2 Å². The highest BCUT2D eigenvalue weighted by Crippen LogP contribution is 2.39. The van der Waals surface area contributed by atoms with Crippen molar-refractivity contribution in [2.24, 2.45) is 0 Å². The van der Waals surface area contributed by atoms with Crippen molar-refractivity contribution >= 4 is 27.4 Å². The van der Waals surface area contributed by atoms with Crippen molar-refractivity contribution in [3.8, 4) is 0 Å². The summed E-state index contributed by atoms with van der Waals surface area (Å²) in [4.78, 5) is 11.6. The fourth-order valence-electron chi connectivity index (χ4n) is 2.39. The first-order chi connectivity index (χ1) is 10.3. The predicted molar refractivity (Wildman–Crippen MR) is 90.1 cm³/mol. The minimum absolute atomic E-state index is 0.560. The van der Waals surface area contributed by atoms with Crippen LogP contribution in [0.5, 0.6) is 0 Å². The summed E-state index contributed by atoms with van der Waals surface area (Å²) in [5.74, 6) is 2.54. The van der Waals surface area contributed by atoms with Crippen LogP contribution in [0.2, 0.25) is 0 Å². The van der Waals surface area contributed by atoms with Crippen LogP contribution in [0.4, 0.5) is 11.5 Å². The van der Waals surface area contributed by atoms with Crippen LogP contribution in [-0.2, 0) is 0 Å². The highest BCUT2D eigenvalue weighted by Gasteiger charge is 2.27. The quantitative estimate of drug-likeness (QED) is 0.685. The molecule has 3 nitrogen and oxygen atoms in total. The molecule has 1 aromatic heterocycles. The number of benzene rings is 1. The molecule has 4 heteroatoms. The van der Waals surface area contributed by atoms with Gasteiger partial charge < -0.3 is 4.90 Å². The Labute approximate surface area is 134 Å². The summed E-state index contributed by atoms with van der Waals surface area (Å²) in [7, 11) is 0. The molecular weight excluding hydrogens is 326 g/mol. The fraction of sp³-hybridized carbons (Fsp3) is 0.412. The Kier molecular flexibility index (Phi) is 4.54. The molecule has 3 rings (SSSR count). The Hall–Kier alpha value is -1.42. The maximum Gasteiger partial charge on any atom is 0.137 e. The van der Waals surface area contributed by atoms with Gasteiger partial charge in [-0.05, 0) is 47.3 Å². The van der Waals surface area contributed by atoms with Crippen molar-refractivity contribution in [3.05, 3.63) is 46.8 Å². The number of unbranched alkanes of at least 4 members (excludes halogenated alkanes) is 1. The molecular formula is C17H20BrN3. The van der Waals surface area contributed by atoms with Crippen molar-refractivity contribution < 1.29 is 0 Å². The molecule has 2 aromatic rings. The minimum atomic E-state index is 0.560. The fourth-order valence-corrected chi connectivity index (χ4v) is 2.77. The van der Waals surface area contributed by atoms with E-state index in [0.29, 0.717) is 5.92 Å². The van der Waals surface area contributed by atoms with E-state index in [1.54, 1.807) is 0 Å². The molecule has 0 spiro atoms. The van der Waals surface area contributed by atoms with Crippen LogP contribution in [0, 0.1) is 0 Å². The first-order valence-electron chi connectivity index (χ1n) is 7.65. The summed E-state index contributed by atoms with van der Waals surface area (Å²) >= 11 is 3.54. The van der Waals surface area contributed by atoms with E-state index in [9.17, 15) is 0 Å². The van der Waals surface area contributed by atoms with E-state index in [-0.39, 0.29) is 0 Å². The lowest BCUT2D eigenvalue weighted by Crippen LogP contribution is -2.20. The predicted octanol–water partition coefficient (Wildman–Crippen LogP) is 5.05. The third-order valence-corrected chi connectivity index (χ3v) is 4.13. The number of rotatable bonds is 6. The first kappa shape index (κ1) is 14.5. The van der Waals surface area contributed by atoms with Gasteiger partial charge >= 0.3 is 0 Å². The number of nitrogens with zero attached hydrogens (tertiary/aromatic N) is 3. The van der Waals surface area contributed by atoms with Crippen LogP contribution >= 0.6 is 15.9 Å². The van der Waals surface area contributed by atoms with Gasteiger partial charge in [-0.15, -0.1) is 0 Å². The second-order valence-electron chi connectivity index (χ2n) is 5.52. The van der Waals surface area contributed by atoms with Crippen LogP contribution in [0.15, 0.2) is 41.0 Å². The van der Waals surface area contributed by atoms with Gasteiger partial charge in [0, 0.05) is 24.2 Å². The third-order valence-electron chi connectivity index (χ3n) is 3.72. The Morgan fingerprint density at radius 3 is 2.62 bits per heavy atom. The van der Waals surface area contributed by atoms with Crippen LogP contribution in [0.25, 0.3) is 0 Å². The largest absolute Gasteiger partial charge is 0.326 e. The van der Waals surface area contributed by atoms with E-state index in [0.717, 1.165) is 29.2 Å². The molecule has 0 atom stereocenters. The average Bonchev–Trinajstić information content (AvgIpc) is 3.33. The van der Waals surface area contributed by atoms with E-state index in [4.69, 9.17) is 4.98 Å². The number of hydrogen-bond donors (Lipinski definition) is 0. The van der Waals surface area contributed by atoms with Crippen molar-refractivity contribution in [1.82, 2.24) is 9.97 Å². The molecule has 21 heavy (non-hydrogen) atoms. The van der Waals surface area contributed by atoms with Gasteiger partial charge in [0.2, 0.25) is 0 Å². The smallest absolute Gasteiger partial charge is 0.137 e. The number of hydrogen-bond acceptors (Lipinski definition) is 3. The topological polar surface area (TPSA) is 29.0 Å². The third kappa shape index (κ3) is 3.62. The highest BCUT2D eigenvalue weighted by atomic mass is 79.9. The van der Waals surface area contributed by atoms with Crippen molar-refractivity contribution in [3.63, 3.8) is 0 Å².